The lowest BCUT2D eigenvalue weighted by Crippen LogP contribution is -2.31. The van der Waals surface area contributed by atoms with Gasteiger partial charge in [-0.2, -0.15) is 0 Å². The lowest BCUT2D eigenvalue weighted by atomic mass is 10.1. The largest absolute Gasteiger partial charge is 0.493 e. The van der Waals surface area contributed by atoms with Crippen molar-refractivity contribution in [2.45, 2.75) is 25.9 Å². The van der Waals surface area contributed by atoms with Crippen LogP contribution in [0.5, 0.6) is 11.5 Å². The van der Waals surface area contributed by atoms with Crippen molar-refractivity contribution < 1.29 is 14.6 Å². The van der Waals surface area contributed by atoms with Crippen LogP contribution in [0.2, 0.25) is 0 Å². The number of hydrogen-bond donors (Lipinski definition) is 1. The van der Waals surface area contributed by atoms with E-state index in [0.29, 0.717) is 6.54 Å². The molecule has 0 saturated heterocycles. The Bertz CT molecular complexity index is 640. The first kappa shape index (κ1) is 22.4. The maximum absolute atomic E-state index is 10.4. The second kappa shape index (κ2) is 11.9. The van der Waals surface area contributed by atoms with Crippen molar-refractivity contribution in [1.82, 2.24) is 9.88 Å². The van der Waals surface area contributed by atoms with Gasteiger partial charge < -0.3 is 19.5 Å². The molecule has 0 amide bonds. The van der Waals surface area contributed by atoms with Crippen molar-refractivity contribution >= 4 is 17.0 Å². The van der Waals surface area contributed by atoms with E-state index in [1.807, 2.05) is 24.3 Å². The number of hydrogen-bond acceptors (Lipinski definition) is 5. The number of halogens is 1. The molecule has 2 aromatic rings. The van der Waals surface area contributed by atoms with Crippen LogP contribution in [0.3, 0.4) is 0 Å². The summed E-state index contributed by atoms with van der Waals surface area (Å²) in [7, 11) is 3.29. The minimum absolute atomic E-state index is 0. The van der Waals surface area contributed by atoms with Crippen LogP contribution in [-0.4, -0.2) is 48.8 Å². The average Bonchev–Trinajstić information content (AvgIpc) is 2.66. The topological polar surface area (TPSA) is 54.8 Å². The molecular formula is C20H29BrN2O3. The van der Waals surface area contributed by atoms with Crippen LogP contribution in [0.25, 0.3) is 0 Å². The number of rotatable bonds is 10. The minimum Gasteiger partial charge on any atom is -0.493 e. The molecule has 2 rings (SSSR count). The van der Waals surface area contributed by atoms with Gasteiger partial charge in [-0.1, -0.05) is 19.1 Å². The lowest BCUT2D eigenvalue weighted by molar-refractivity contribution is 0.113. The van der Waals surface area contributed by atoms with Gasteiger partial charge in [0.25, 0.3) is 0 Å². The Balaban J connectivity index is 0.00000338. The first-order chi connectivity index (χ1) is 12.2. The van der Waals surface area contributed by atoms with E-state index < -0.39 is 6.10 Å². The molecule has 6 heteroatoms. The Labute approximate surface area is 166 Å². The third-order valence-corrected chi connectivity index (χ3v) is 4.20. The van der Waals surface area contributed by atoms with E-state index in [9.17, 15) is 5.11 Å². The molecule has 1 unspecified atom stereocenters. The third kappa shape index (κ3) is 6.59. The fraction of sp³-hybridized carbons (Fsp3) is 0.450. The molecular weight excluding hydrogens is 396 g/mol. The number of nitrogens with zero attached hydrogens (tertiary/aromatic N) is 2. The number of aromatic nitrogens is 1. The zero-order valence-corrected chi connectivity index (χ0v) is 17.4. The molecule has 1 heterocycles. The Morgan fingerprint density at radius 3 is 2.50 bits per heavy atom. The van der Waals surface area contributed by atoms with Gasteiger partial charge in [0.15, 0.2) is 11.5 Å². The summed E-state index contributed by atoms with van der Waals surface area (Å²) in [5.74, 6) is 1.49. The molecule has 1 aromatic heterocycles. The molecule has 0 aliphatic heterocycles. The molecule has 0 spiro atoms. The van der Waals surface area contributed by atoms with Crippen LogP contribution >= 0.6 is 17.0 Å². The Morgan fingerprint density at radius 2 is 1.88 bits per heavy atom. The lowest BCUT2D eigenvalue weighted by Gasteiger charge is -2.25. The normalized spacial score (nSPS) is 11.7. The maximum Gasteiger partial charge on any atom is 0.160 e. The van der Waals surface area contributed by atoms with Gasteiger partial charge in [0.05, 0.1) is 20.3 Å². The molecule has 0 saturated carbocycles. The predicted molar refractivity (Wildman–Crippen MR) is 109 cm³/mol. The van der Waals surface area contributed by atoms with Gasteiger partial charge in [-0.15, -0.1) is 17.0 Å². The molecule has 1 atom stereocenters. The average molecular weight is 425 g/mol. The molecule has 0 bridgehead atoms. The highest BCUT2D eigenvalue weighted by molar-refractivity contribution is 8.93. The van der Waals surface area contributed by atoms with Crippen molar-refractivity contribution in [3.8, 4) is 11.5 Å². The SMILES string of the molecule is Br.CCCN(CCc1ccc(OC)c(OC)c1)CC(O)c1cccnc1. The molecule has 0 aliphatic carbocycles. The van der Waals surface area contributed by atoms with Gasteiger partial charge in [0.2, 0.25) is 0 Å². The van der Waals surface area contributed by atoms with E-state index >= 15 is 0 Å². The molecule has 0 fully saturated rings. The van der Waals surface area contributed by atoms with Gasteiger partial charge >= 0.3 is 0 Å². The fourth-order valence-electron chi connectivity index (χ4n) is 2.86. The van der Waals surface area contributed by atoms with Crippen LogP contribution in [0, 0.1) is 0 Å². The van der Waals surface area contributed by atoms with Crippen molar-refractivity contribution in [3.63, 3.8) is 0 Å². The number of pyridine rings is 1. The Kier molecular flexibility index (Phi) is 10.2. The summed E-state index contributed by atoms with van der Waals surface area (Å²) in [4.78, 5) is 6.37. The fourth-order valence-corrected chi connectivity index (χ4v) is 2.86. The number of ether oxygens (including phenoxy) is 2. The number of aliphatic hydroxyl groups excluding tert-OH is 1. The monoisotopic (exact) mass is 424 g/mol. The minimum atomic E-state index is -0.523. The molecule has 0 radical (unpaired) electrons. The van der Waals surface area contributed by atoms with Crippen LogP contribution in [0.15, 0.2) is 42.7 Å². The predicted octanol–water partition coefficient (Wildman–Crippen LogP) is 3.66. The molecule has 144 valence electrons. The summed E-state index contributed by atoms with van der Waals surface area (Å²) in [6.45, 7) is 4.58. The second-order valence-electron chi connectivity index (χ2n) is 6.04. The van der Waals surface area contributed by atoms with E-state index in [4.69, 9.17) is 9.47 Å². The van der Waals surface area contributed by atoms with Crippen LogP contribution < -0.4 is 9.47 Å². The number of benzene rings is 1. The zero-order chi connectivity index (χ0) is 18.1. The molecule has 0 aliphatic rings. The second-order valence-corrected chi connectivity index (χ2v) is 6.04. The van der Waals surface area contributed by atoms with Crippen molar-refractivity contribution in [3.05, 3.63) is 53.9 Å². The van der Waals surface area contributed by atoms with Crippen LogP contribution in [0.4, 0.5) is 0 Å². The zero-order valence-electron chi connectivity index (χ0n) is 15.7. The van der Waals surface area contributed by atoms with Gasteiger partial charge in [0.1, 0.15) is 0 Å². The molecule has 26 heavy (non-hydrogen) atoms. The van der Waals surface area contributed by atoms with Crippen molar-refractivity contribution in [2.24, 2.45) is 0 Å². The number of methoxy groups -OCH3 is 2. The molecule has 1 N–H and O–H groups in total. The van der Waals surface area contributed by atoms with Crippen LogP contribution in [0.1, 0.15) is 30.6 Å². The first-order valence-corrected chi connectivity index (χ1v) is 8.69. The summed E-state index contributed by atoms with van der Waals surface area (Å²) in [6, 6.07) is 9.77. The summed E-state index contributed by atoms with van der Waals surface area (Å²) in [5.41, 5.74) is 2.05. The quantitative estimate of drug-likeness (QED) is 0.630. The third-order valence-electron chi connectivity index (χ3n) is 4.20. The Hall–Kier alpha value is -1.63. The summed E-state index contributed by atoms with van der Waals surface area (Å²) in [6.07, 6.45) is 4.86. The molecule has 5 nitrogen and oxygen atoms in total. The van der Waals surface area contributed by atoms with Gasteiger partial charge in [0, 0.05) is 31.0 Å². The number of aliphatic hydroxyl groups is 1. The smallest absolute Gasteiger partial charge is 0.160 e. The van der Waals surface area contributed by atoms with Crippen molar-refractivity contribution in [2.75, 3.05) is 33.9 Å². The molecule has 1 aromatic carbocycles. The highest BCUT2D eigenvalue weighted by Gasteiger charge is 2.14. The van der Waals surface area contributed by atoms with E-state index in [2.05, 4.69) is 22.9 Å². The van der Waals surface area contributed by atoms with E-state index in [-0.39, 0.29) is 17.0 Å². The van der Waals surface area contributed by atoms with Gasteiger partial charge in [-0.25, -0.2) is 0 Å². The summed E-state index contributed by atoms with van der Waals surface area (Å²) >= 11 is 0. The first-order valence-electron chi connectivity index (χ1n) is 8.69. The summed E-state index contributed by atoms with van der Waals surface area (Å²) < 4.78 is 10.7. The van der Waals surface area contributed by atoms with Crippen molar-refractivity contribution in [1.29, 1.82) is 0 Å². The standard InChI is InChI=1S/C20H28N2O3.BrH/c1-4-11-22(15-18(23)17-6-5-10-21-14-17)12-9-16-7-8-19(24-2)20(13-16)25-3;/h5-8,10,13-14,18,23H,4,9,11-12,15H2,1-3H3;1H. The van der Waals surface area contributed by atoms with Crippen LogP contribution in [-0.2, 0) is 6.42 Å². The van der Waals surface area contributed by atoms with E-state index in [1.165, 1.54) is 5.56 Å². The highest BCUT2D eigenvalue weighted by atomic mass is 79.9. The van der Waals surface area contributed by atoms with E-state index in [1.54, 1.807) is 26.6 Å². The van der Waals surface area contributed by atoms with Gasteiger partial charge in [-0.05, 0) is 43.1 Å². The van der Waals surface area contributed by atoms with Gasteiger partial charge in [-0.3, -0.25) is 4.98 Å². The van der Waals surface area contributed by atoms with E-state index in [0.717, 1.165) is 43.0 Å². The summed E-state index contributed by atoms with van der Waals surface area (Å²) in [5, 5.41) is 10.4. The maximum atomic E-state index is 10.4. The Morgan fingerprint density at radius 1 is 1.12 bits per heavy atom. The highest BCUT2D eigenvalue weighted by Crippen LogP contribution is 2.27.